The van der Waals surface area contributed by atoms with E-state index in [2.05, 4.69) is 41.3 Å². The number of rotatable bonds is 3. The van der Waals surface area contributed by atoms with Gasteiger partial charge in [0.15, 0.2) is 0 Å². The SMILES string of the molecule is Cc1ccc(-c2nc(-c3cnccc3C(C)C)cs2)cn1. The Bertz CT molecular complexity index is 745. The maximum Gasteiger partial charge on any atom is 0.125 e. The fraction of sp³-hybridized carbons (Fsp3) is 0.235. The molecule has 0 aliphatic carbocycles. The average molecular weight is 295 g/mol. The molecular weight excluding hydrogens is 278 g/mol. The van der Waals surface area contributed by atoms with Crippen LogP contribution in [0.4, 0.5) is 0 Å². The van der Waals surface area contributed by atoms with Crippen LogP contribution in [-0.4, -0.2) is 15.0 Å². The molecule has 0 bridgehead atoms. The number of hydrogen-bond acceptors (Lipinski definition) is 4. The van der Waals surface area contributed by atoms with Gasteiger partial charge >= 0.3 is 0 Å². The molecule has 0 aliphatic rings. The fourth-order valence-electron chi connectivity index (χ4n) is 2.25. The van der Waals surface area contributed by atoms with Gasteiger partial charge in [-0.1, -0.05) is 13.8 Å². The Balaban J connectivity index is 2.01. The molecule has 4 heteroatoms. The van der Waals surface area contributed by atoms with Crippen LogP contribution in [0.1, 0.15) is 31.0 Å². The van der Waals surface area contributed by atoms with Crippen LogP contribution in [0.2, 0.25) is 0 Å². The maximum absolute atomic E-state index is 4.76. The average Bonchev–Trinajstić information content (AvgIpc) is 2.97. The normalized spacial score (nSPS) is 11.0. The summed E-state index contributed by atoms with van der Waals surface area (Å²) in [5.74, 6) is 0.453. The summed E-state index contributed by atoms with van der Waals surface area (Å²) in [6, 6.07) is 6.16. The van der Waals surface area contributed by atoms with Crippen molar-refractivity contribution in [2.75, 3.05) is 0 Å². The second-order valence-corrected chi connectivity index (χ2v) is 6.20. The van der Waals surface area contributed by atoms with Crippen LogP contribution >= 0.6 is 11.3 Å². The van der Waals surface area contributed by atoms with E-state index >= 15 is 0 Å². The molecule has 0 unspecified atom stereocenters. The highest BCUT2D eigenvalue weighted by Crippen LogP contribution is 2.32. The van der Waals surface area contributed by atoms with E-state index in [1.165, 1.54) is 5.56 Å². The molecule has 3 rings (SSSR count). The molecule has 0 fully saturated rings. The first-order chi connectivity index (χ1) is 10.1. The Morgan fingerprint density at radius 1 is 1.10 bits per heavy atom. The Labute approximate surface area is 128 Å². The van der Waals surface area contributed by atoms with Gasteiger partial charge in [-0.3, -0.25) is 9.97 Å². The van der Waals surface area contributed by atoms with Crippen molar-refractivity contribution in [2.45, 2.75) is 26.7 Å². The number of thiazole rings is 1. The van der Waals surface area contributed by atoms with Crippen molar-refractivity contribution in [3.05, 3.63) is 53.4 Å². The van der Waals surface area contributed by atoms with Gasteiger partial charge in [0.1, 0.15) is 5.01 Å². The molecule has 3 nitrogen and oxygen atoms in total. The molecule has 0 spiro atoms. The molecule has 0 aliphatic heterocycles. The molecule has 0 amide bonds. The fourth-order valence-corrected chi connectivity index (χ4v) is 3.06. The Kier molecular flexibility index (Phi) is 3.80. The molecule has 0 saturated heterocycles. The van der Waals surface area contributed by atoms with Crippen molar-refractivity contribution in [3.8, 4) is 21.8 Å². The summed E-state index contributed by atoms with van der Waals surface area (Å²) in [5, 5.41) is 3.09. The molecule has 3 aromatic rings. The van der Waals surface area contributed by atoms with E-state index in [1.54, 1.807) is 11.3 Å². The van der Waals surface area contributed by atoms with Gasteiger partial charge in [-0.15, -0.1) is 11.3 Å². The Hall–Kier alpha value is -2.07. The van der Waals surface area contributed by atoms with Crippen molar-refractivity contribution in [3.63, 3.8) is 0 Å². The summed E-state index contributed by atoms with van der Waals surface area (Å²) < 4.78 is 0. The van der Waals surface area contributed by atoms with E-state index < -0.39 is 0 Å². The minimum absolute atomic E-state index is 0.453. The molecule has 0 N–H and O–H groups in total. The quantitative estimate of drug-likeness (QED) is 0.703. The van der Waals surface area contributed by atoms with E-state index in [-0.39, 0.29) is 0 Å². The van der Waals surface area contributed by atoms with Gasteiger partial charge in [0.05, 0.1) is 5.69 Å². The van der Waals surface area contributed by atoms with E-state index in [1.807, 2.05) is 31.6 Å². The molecule has 0 atom stereocenters. The lowest BCUT2D eigenvalue weighted by molar-refractivity contribution is 0.864. The van der Waals surface area contributed by atoms with Gasteiger partial charge in [-0.05, 0) is 36.6 Å². The lowest BCUT2D eigenvalue weighted by Crippen LogP contribution is -1.93. The summed E-state index contributed by atoms with van der Waals surface area (Å²) in [5.41, 5.74) is 5.48. The number of aryl methyl sites for hydroxylation is 1. The highest BCUT2D eigenvalue weighted by Gasteiger charge is 2.12. The molecular formula is C17H17N3S. The van der Waals surface area contributed by atoms with Gasteiger partial charge in [0.2, 0.25) is 0 Å². The van der Waals surface area contributed by atoms with Gasteiger partial charge in [-0.2, -0.15) is 0 Å². The van der Waals surface area contributed by atoms with E-state index in [4.69, 9.17) is 4.98 Å². The lowest BCUT2D eigenvalue weighted by Gasteiger charge is -2.09. The molecule has 21 heavy (non-hydrogen) atoms. The summed E-state index contributed by atoms with van der Waals surface area (Å²) in [6.45, 7) is 6.37. The zero-order valence-corrected chi connectivity index (χ0v) is 13.2. The van der Waals surface area contributed by atoms with Crippen LogP contribution in [0, 0.1) is 6.92 Å². The highest BCUT2D eigenvalue weighted by molar-refractivity contribution is 7.13. The minimum atomic E-state index is 0.453. The number of pyridine rings is 2. The summed E-state index contributed by atoms with van der Waals surface area (Å²) in [4.78, 5) is 13.3. The Morgan fingerprint density at radius 3 is 2.67 bits per heavy atom. The first-order valence-corrected chi connectivity index (χ1v) is 7.86. The molecule has 0 radical (unpaired) electrons. The van der Waals surface area contributed by atoms with Crippen LogP contribution in [0.15, 0.2) is 42.2 Å². The monoisotopic (exact) mass is 295 g/mol. The van der Waals surface area contributed by atoms with Crippen LogP contribution in [0.5, 0.6) is 0 Å². The third-order valence-corrected chi connectivity index (χ3v) is 4.31. The predicted molar refractivity (Wildman–Crippen MR) is 87.4 cm³/mol. The molecule has 3 heterocycles. The van der Waals surface area contributed by atoms with Crippen LogP contribution < -0.4 is 0 Å². The summed E-state index contributed by atoms with van der Waals surface area (Å²) in [7, 11) is 0. The maximum atomic E-state index is 4.76. The molecule has 3 aromatic heterocycles. The van der Waals surface area contributed by atoms with E-state index in [9.17, 15) is 0 Å². The standard InChI is InChI=1S/C17H17N3S/c1-11(2)14-6-7-18-9-15(14)16-10-21-17(20-16)13-5-4-12(3)19-8-13/h4-11H,1-3H3. The largest absolute Gasteiger partial charge is 0.264 e. The van der Waals surface area contributed by atoms with Crippen molar-refractivity contribution >= 4 is 11.3 Å². The van der Waals surface area contributed by atoms with Crippen molar-refractivity contribution in [1.82, 2.24) is 15.0 Å². The molecule has 0 saturated carbocycles. The van der Waals surface area contributed by atoms with Gasteiger partial charge < -0.3 is 0 Å². The zero-order valence-electron chi connectivity index (χ0n) is 12.4. The number of nitrogens with zero attached hydrogens (tertiary/aromatic N) is 3. The van der Waals surface area contributed by atoms with E-state index in [0.717, 1.165) is 27.5 Å². The molecule has 106 valence electrons. The topological polar surface area (TPSA) is 38.7 Å². The van der Waals surface area contributed by atoms with Crippen LogP contribution in [-0.2, 0) is 0 Å². The van der Waals surface area contributed by atoms with Crippen LogP contribution in [0.25, 0.3) is 21.8 Å². The van der Waals surface area contributed by atoms with Crippen molar-refractivity contribution in [1.29, 1.82) is 0 Å². The zero-order chi connectivity index (χ0) is 14.8. The number of aromatic nitrogens is 3. The van der Waals surface area contributed by atoms with E-state index in [0.29, 0.717) is 5.92 Å². The first kappa shape index (κ1) is 13.9. The first-order valence-electron chi connectivity index (χ1n) is 6.98. The Morgan fingerprint density at radius 2 is 1.95 bits per heavy atom. The van der Waals surface area contributed by atoms with Crippen molar-refractivity contribution < 1.29 is 0 Å². The summed E-state index contributed by atoms with van der Waals surface area (Å²) in [6.07, 6.45) is 5.63. The van der Waals surface area contributed by atoms with Gasteiger partial charge in [-0.25, -0.2) is 4.98 Å². The minimum Gasteiger partial charge on any atom is -0.264 e. The van der Waals surface area contributed by atoms with Gasteiger partial charge in [0.25, 0.3) is 0 Å². The predicted octanol–water partition coefficient (Wildman–Crippen LogP) is 4.70. The smallest absolute Gasteiger partial charge is 0.125 e. The number of hydrogen-bond donors (Lipinski definition) is 0. The second kappa shape index (κ2) is 5.74. The third-order valence-electron chi connectivity index (χ3n) is 3.42. The highest BCUT2D eigenvalue weighted by atomic mass is 32.1. The van der Waals surface area contributed by atoms with Crippen LogP contribution in [0.3, 0.4) is 0 Å². The second-order valence-electron chi connectivity index (χ2n) is 5.34. The van der Waals surface area contributed by atoms with Gasteiger partial charge in [0, 0.05) is 40.8 Å². The summed E-state index contributed by atoms with van der Waals surface area (Å²) >= 11 is 1.64. The van der Waals surface area contributed by atoms with Crippen molar-refractivity contribution in [2.24, 2.45) is 0 Å². The lowest BCUT2D eigenvalue weighted by atomic mass is 9.98. The molecule has 0 aromatic carbocycles. The third kappa shape index (κ3) is 2.85.